The van der Waals surface area contributed by atoms with E-state index in [4.69, 9.17) is 14.2 Å². The second-order valence-corrected chi connectivity index (χ2v) is 6.70. The average molecular weight is 406 g/mol. The molecule has 2 amide bonds. The first-order valence-corrected chi connectivity index (χ1v) is 9.25. The van der Waals surface area contributed by atoms with Gasteiger partial charge >= 0.3 is 5.97 Å². The molecule has 28 heavy (non-hydrogen) atoms. The molecule has 2 rings (SSSR count). The molecular weight excluding hydrogens is 384 g/mol. The predicted octanol–water partition coefficient (Wildman–Crippen LogP) is 3.46. The SMILES string of the molecule is CCOC(=O)c1c(NC(C)=O)sc(C(=O)Nc2cc(OC)ccc2OC)c1C. The van der Waals surface area contributed by atoms with E-state index in [0.29, 0.717) is 22.7 Å². The molecular formula is C19H22N2O6S. The molecule has 1 heterocycles. The van der Waals surface area contributed by atoms with E-state index in [0.717, 1.165) is 11.3 Å². The molecule has 0 radical (unpaired) electrons. The Morgan fingerprint density at radius 1 is 1.11 bits per heavy atom. The summed E-state index contributed by atoms with van der Waals surface area (Å²) in [4.78, 5) is 37.0. The Morgan fingerprint density at radius 3 is 2.39 bits per heavy atom. The molecule has 1 aromatic carbocycles. The number of thiophene rings is 1. The zero-order valence-electron chi connectivity index (χ0n) is 16.3. The number of methoxy groups -OCH3 is 2. The van der Waals surface area contributed by atoms with Gasteiger partial charge in [0, 0.05) is 13.0 Å². The van der Waals surface area contributed by atoms with Gasteiger partial charge in [-0.2, -0.15) is 0 Å². The van der Waals surface area contributed by atoms with Gasteiger partial charge < -0.3 is 24.8 Å². The Kier molecular flexibility index (Phi) is 7.00. The maximum Gasteiger partial charge on any atom is 0.341 e. The molecule has 0 saturated heterocycles. The molecule has 0 unspecified atom stereocenters. The maximum absolute atomic E-state index is 12.9. The van der Waals surface area contributed by atoms with Gasteiger partial charge in [0.05, 0.1) is 37.0 Å². The zero-order valence-corrected chi connectivity index (χ0v) is 17.1. The number of nitrogens with one attached hydrogen (secondary N) is 2. The highest BCUT2D eigenvalue weighted by Gasteiger charge is 2.26. The van der Waals surface area contributed by atoms with Crippen LogP contribution in [0.2, 0.25) is 0 Å². The largest absolute Gasteiger partial charge is 0.497 e. The van der Waals surface area contributed by atoms with Crippen molar-refractivity contribution in [3.05, 3.63) is 34.2 Å². The van der Waals surface area contributed by atoms with E-state index in [9.17, 15) is 14.4 Å². The second-order valence-electron chi connectivity index (χ2n) is 5.68. The first kappa shape index (κ1) is 21.2. The second kappa shape index (κ2) is 9.23. The highest BCUT2D eigenvalue weighted by molar-refractivity contribution is 7.18. The molecule has 0 aliphatic carbocycles. The number of ether oxygens (including phenoxy) is 3. The zero-order chi connectivity index (χ0) is 20.8. The number of carbonyl (C=O) groups is 3. The van der Waals surface area contributed by atoms with Gasteiger partial charge in [-0.05, 0) is 31.5 Å². The minimum Gasteiger partial charge on any atom is -0.497 e. The molecule has 1 aromatic heterocycles. The first-order valence-electron chi connectivity index (χ1n) is 8.43. The summed E-state index contributed by atoms with van der Waals surface area (Å²) in [5.74, 6) is -0.399. The molecule has 0 fully saturated rings. The molecule has 2 N–H and O–H groups in total. The number of anilines is 2. The van der Waals surface area contributed by atoms with E-state index >= 15 is 0 Å². The summed E-state index contributed by atoms with van der Waals surface area (Å²) >= 11 is 1.00. The third-order valence-electron chi connectivity index (χ3n) is 3.78. The van der Waals surface area contributed by atoms with E-state index in [1.54, 1.807) is 32.0 Å². The van der Waals surface area contributed by atoms with Crippen LogP contribution in [0.5, 0.6) is 11.5 Å². The van der Waals surface area contributed by atoms with Crippen molar-refractivity contribution in [2.75, 3.05) is 31.5 Å². The minimum absolute atomic E-state index is 0.171. The molecule has 0 saturated carbocycles. The molecule has 0 bridgehead atoms. The van der Waals surface area contributed by atoms with Crippen molar-refractivity contribution in [3.63, 3.8) is 0 Å². The quantitative estimate of drug-likeness (QED) is 0.683. The Hall–Kier alpha value is -3.07. The van der Waals surface area contributed by atoms with Gasteiger partial charge in [-0.15, -0.1) is 11.3 Å². The topological polar surface area (TPSA) is 103 Å². The summed E-state index contributed by atoms with van der Waals surface area (Å²) in [6.07, 6.45) is 0. The van der Waals surface area contributed by atoms with Crippen molar-refractivity contribution < 1.29 is 28.6 Å². The lowest BCUT2D eigenvalue weighted by Gasteiger charge is -2.11. The van der Waals surface area contributed by atoms with Crippen LogP contribution in [0.3, 0.4) is 0 Å². The van der Waals surface area contributed by atoms with E-state index < -0.39 is 11.9 Å². The summed E-state index contributed by atoms with van der Waals surface area (Å²) < 4.78 is 15.5. The Morgan fingerprint density at radius 2 is 1.82 bits per heavy atom. The number of rotatable bonds is 7. The van der Waals surface area contributed by atoms with Crippen LogP contribution in [0, 0.1) is 6.92 Å². The highest BCUT2D eigenvalue weighted by atomic mass is 32.1. The van der Waals surface area contributed by atoms with Gasteiger partial charge in [-0.1, -0.05) is 0 Å². The number of hydrogen-bond acceptors (Lipinski definition) is 7. The van der Waals surface area contributed by atoms with Crippen molar-refractivity contribution in [2.24, 2.45) is 0 Å². The number of amides is 2. The highest BCUT2D eigenvalue weighted by Crippen LogP contribution is 2.35. The van der Waals surface area contributed by atoms with Crippen molar-refractivity contribution in [3.8, 4) is 11.5 Å². The fourth-order valence-electron chi connectivity index (χ4n) is 2.52. The number of benzene rings is 1. The van der Waals surface area contributed by atoms with Crippen LogP contribution in [-0.2, 0) is 9.53 Å². The Bertz CT molecular complexity index is 906. The molecule has 0 atom stereocenters. The molecule has 8 nitrogen and oxygen atoms in total. The lowest BCUT2D eigenvalue weighted by atomic mass is 10.1. The van der Waals surface area contributed by atoms with E-state index in [-0.39, 0.29) is 28.0 Å². The normalized spacial score (nSPS) is 10.2. The van der Waals surface area contributed by atoms with Crippen molar-refractivity contribution in [2.45, 2.75) is 20.8 Å². The standard InChI is InChI=1S/C19H22N2O6S/c1-6-27-19(24)15-10(2)16(28-18(15)20-11(3)22)17(23)21-13-9-12(25-4)7-8-14(13)26-5/h7-9H,6H2,1-5H3,(H,20,22)(H,21,23). The van der Waals surface area contributed by atoms with Gasteiger partial charge in [0.25, 0.3) is 5.91 Å². The predicted molar refractivity (Wildman–Crippen MR) is 107 cm³/mol. The summed E-state index contributed by atoms with van der Waals surface area (Å²) in [6.45, 7) is 4.81. The van der Waals surface area contributed by atoms with E-state index in [1.165, 1.54) is 21.1 Å². The summed E-state index contributed by atoms with van der Waals surface area (Å²) in [5.41, 5.74) is 1.01. The van der Waals surface area contributed by atoms with Crippen LogP contribution in [0.25, 0.3) is 0 Å². The molecule has 2 aromatic rings. The average Bonchev–Trinajstić information content (AvgIpc) is 2.97. The number of hydrogen-bond donors (Lipinski definition) is 2. The van der Waals surface area contributed by atoms with Gasteiger partial charge in [0.2, 0.25) is 5.91 Å². The third-order valence-corrected chi connectivity index (χ3v) is 4.98. The maximum atomic E-state index is 12.9. The third kappa shape index (κ3) is 4.61. The van der Waals surface area contributed by atoms with Gasteiger partial charge in [0.1, 0.15) is 16.5 Å². The summed E-state index contributed by atoms with van der Waals surface area (Å²) in [7, 11) is 3.00. The van der Waals surface area contributed by atoms with Crippen molar-refractivity contribution in [1.29, 1.82) is 0 Å². The van der Waals surface area contributed by atoms with Gasteiger partial charge in [-0.3, -0.25) is 9.59 Å². The Labute approximate surface area is 166 Å². The lowest BCUT2D eigenvalue weighted by Crippen LogP contribution is -2.14. The molecule has 0 aliphatic heterocycles. The van der Waals surface area contributed by atoms with Crippen molar-refractivity contribution >= 4 is 39.8 Å². The Balaban J connectivity index is 2.43. The first-order chi connectivity index (χ1) is 13.3. The van der Waals surface area contributed by atoms with Gasteiger partial charge in [-0.25, -0.2) is 4.79 Å². The minimum atomic E-state index is -0.599. The molecule has 0 spiro atoms. The molecule has 150 valence electrons. The fourth-order valence-corrected chi connectivity index (χ4v) is 3.65. The summed E-state index contributed by atoms with van der Waals surface area (Å²) in [5, 5.41) is 5.62. The monoisotopic (exact) mass is 406 g/mol. The number of carbonyl (C=O) groups excluding carboxylic acids is 3. The lowest BCUT2D eigenvalue weighted by molar-refractivity contribution is -0.114. The van der Waals surface area contributed by atoms with Crippen LogP contribution >= 0.6 is 11.3 Å². The molecule has 9 heteroatoms. The molecule has 0 aliphatic rings. The fraction of sp³-hybridized carbons (Fsp3) is 0.316. The van der Waals surface area contributed by atoms with Crippen LogP contribution in [0.1, 0.15) is 39.4 Å². The van der Waals surface area contributed by atoms with Crippen LogP contribution in [-0.4, -0.2) is 38.6 Å². The van der Waals surface area contributed by atoms with Crippen LogP contribution in [0.4, 0.5) is 10.7 Å². The van der Waals surface area contributed by atoms with E-state index in [2.05, 4.69) is 10.6 Å². The number of esters is 1. The van der Waals surface area contributed by atoms with E-state index in [1.807, 2.05) is 0 Å². The van der Waals surface area contributed by atoms with Crippen LogP contribution < -0.4 is 20.1 Å². The van der Waals surface area contributed by atoms with Crippen LogP contribution in [0.15, 0.2) is 18.2 Å². The van der Waals surface area contributed by atoms with Gasteiger partial charge in [0.15, 0.2) is 0 Å². The summed E-state index contributed by atoms with van der Waals surface area (Å²) in [6, 6.07) is 5.00. The van der Waals surface area contributed by atoms with Crippen molar-refractivity contribution in [1.82, 2.24) is 0 Å². The smallest absolute Gasteiger partial charge is 0.341 e.